The van der Waals surface area contributed by atoms with E-state index in [9.17, 15) is 4.79 Å². The number of hydrogen-bond acceptors (Lipinski definition) is 1. The van der Waals surface area contributed by atoms with Gasteiger partial charge in [-0.1, -0.05) is 46.9 Å². The number of rotatable bonds is 0. The van der Waals surface area contributed by atoms with E-state index in [1.54, 1.807) is 18.2 Å². The Morgan fingerprint density at radius 2 is 1.80 bits per heavy atom. The number of allylic oxidation sites excluding steroid dienone is 1. The summed E-state index contributed by atoms with van der Waals surface area (Å²) in [5, 5.41) is -0.140. The highest BCUT2D eigenvalue weighted by Gasteiger charge is 2.32. The highest BCUT2D eigenvalue weighted by Crippen LogP contribution is 2.41. The Morgan fingerprint density at radius 3 is 2.47 bits per heavy atom. The zero-order chi connectivity index (χ0) is 11.2. The normalized spacial score (nSPS) is 20.5. The fourth-order valence-electron chi connectivity index (χ4n) is 1.43. The minimum absolute atomic E-state index is 0.129. The Hall–Kier alpha value is -0.210. The van der Waals surface area contributed by atoms with Gasteiger partial charge in [0.05, 0.1) is 15.1 Å². The third-order valence-corrected chi connectivity index (χ3v) is 3.90. The van der Waals surface area contributed by atoms with E-state index in [-0.39, 0.29) is 15.8 Å². The standard InChI is InChI=1S/C10H4Cl4O/c11-5-3-1-2-4-6(5)7(12)8(13)9(14)10(4)15/h1-3,9H. The van der Waals surface area contributed by atoms with E-state index >= 15 is 0 Å². The molecule has 2 rings (SSSR count). The molecule has 0 amide bonds. The highest BCUT2D eigenvalue weighted by atomic mass is 35.5. The Kier molecular flexibility index (Phi) is 3.00. The summed E-state index contributed by atoms with van der Waals surface area (Å²) in [5.41, 5.74) is 0.879. The molecule has 1 atom stereocenters. The SMILES string of the molecule is O=C1c2cccc(Cl)c2C(Cl)=C(Cl)C1Cl. The third-order valence-electron chi connectivity index (χ3n) is 2.16. The number of ketones is 1. The summed E-state index contributed by atoms with van der Waals surface area (Å²) in [6, 6.07) is 4.95. The zero-order valence-corrected chi connectivity index (χ0v) is 10.3. The first-order chi connectivity index (χ1) is 7.04. The maximum atomic E-state index is 11.8. The number of Topliss-reactive ketones (excluding diaryl/α,β-unsaturated/α-hetero) is 1. The Labute approximate surface area is 107 Å². The van der Waals surface area contributed by atoms with Gasteiger partial charge in [-0.05, 0) is 6.07 Å². The van der Waals surface area contributed by atoms with Crippen LogP contribution in [-0.2, 0) is 0 Å². The minimum atomic E-state index is -0.912. The zero-order valence-electron chi connectivity index (χ0n) is 7.23. The number of halogens is 4. The van der Waals surface area contributed by atoms with Crippen molar-refractivity contribution in [2.75, 3.05) is 0 Å². The van der Waals surface area contributed by atoms with E-state index in [2.05, 4.69) is 0 Å². The fraction of sp³-hybridized carbons (Fsp3) is 0.100. The molecule has 0 spiro atoms. The predicted molar refractivity (Wildman–Crippen MR) is 64.0 cm³/mol. The molecule has 1 aromatic carbocycles. The topological polar surface area (TPSA) is 17.1 Å². The summed E-state index contributed by atoms with van der Waals surface area (Å²) in [7, 11) is 0. The highest BCUT2D eigenvalue weighted by molar-refractivity contribution is 6.61. The number of fused-ring (bicyclic) bond motifs is 1. The van der Waals surface area contributed by atoms with Crippen molar-refractivity contribution < 1.29 is 4.79 Å². The van der Waals surface area contributed by atoms with Crippen molar-refractivity contribution in [3.8, 4) is 0 Å². The Balaban J connectivity index is 2.78. The number of hydrogen-bond donors (Lipinski definition) is 0. The first kappa shape index (κ1) is 11.3. The molecule has 5 heteroatoms. The summed E-state index contributed by atoms with van der Waals surface area (Å²) in [4.78, 5) is 11.8. The van der Waals surface area contributed by atoms with Crippen LogP contribution in [-0.4, -0.2) is 11.2 Å². The maximum absolute atomic E-state index is 11.8. The second-order valence-electron chi connectivity index (χ2n) is 3.05. The van der Waals surface area contributed by atoms with Gasteiger partial charge in [0, 0.05) is 11.1 Å². The van der Waals surface area contributed by atoms with Crippen molar-refractivity contribution in [2.24, 2.45) is 0 Å². The van der Waals surface area contributed by atoms with Crippen molar-refractivity contribution in [3.05, 3.63) is 39.4 Å². The van der Waals surface area contributed by atoms with E-state index in [1.807, 2.05) is 0 Å². The van der Waals surface area contributed by atoms with Crippen LogP contribution >= 0.6 is 46.4 Å². The van der Waals surface area contributed by atoms with Gasteiger partial charge < -0.3 is 0 Å². The quantitative estimate of drug-likeness (QED) is 0.649. The molecular weight excluding hydrogens is 278 g/mol. The van der Waals surface area contributed by atoms with Crippen molar-refractivity contribution in [1.29, 1.82) is 0 Å². The molecule has 0 aliphatic heterocycles. The van der Waals surface area contributed by atoms with E-state index in [1.165, 1.54) is 0 Å². The van der Waals surface area contributed by atoms with Crippen LogP contribution in [0.3, 0.4) is 0 Å². The number of carbonyl (C=O) groups excluding carboxylic acids is 1. The molecule has 0 aromatic heterocycles. The molecule has 0 fully saturated rings. The van der Waals surface area contributed by atoms with E-state index < -0.39 is 5.38 Å². The van der Waals surface area contributed by atoms with Crippen LogP contribution in [0.5, 0.6) is 0 Å². The number of alkyl halides is 1. The van der Waals surface area contributed by atoms with Gasteiger partial charge >= 0.3 is 0 Å². The van der Waals surface area contributed by atoms with Gasteiger partial charge in [0.2, 0.25) is 0 Å². The smallest absolute Gasteiger partial charge is 0.186 e. The summed E-state index contributed by atoms with van der Waals surface area (Å²) >= 11 is 23.6. The van der Waals surface area contributed by atoms with Crippen molar-refractivity contribution in [3.63, 3.8) is 0 Å². The van der Waals surface area contributed by atoms with Crippen molar-refractivity contribution >= 4 is 57.2 Å². The van der Waals surface area contributed by atoms with Gasteiger partial charge in [0.25, 0.3) is 0 Å². The van der Waals surface area contributed by atoms with Crippen LogP contribution in [0.4, 0.5) is 0 Å². The Bertz CT molecular complexity index is 478. The van der Waals surface area contributed by atoms with Crippen molar-refractivity contribution in [1.82, 2.24) is 0 Å². The summed E-state index contributed by atoms with van der Waals surface area (Å²) in [6.07, 6.45) is 0. The molecular formula is C10H4Cl4O. The summed E-state index contributed by atoms with van der Waals surface area (Å²) in [5.74, 6) is -0.274. The molecule has 1 aliphatic rings. The molecule has 0 saturated heterocycles. The molecule has 1 nitrogen and oxygen atoms in total. The average Bonchev–Trinajstić information content (AvgIpc) is 2.23. The molecule has 0 N–H and O–H groups in total. The molecule has 0 bridgehead atoms. The molecule has 0 heterocycles. The van der Waals surface area contributed by atoms with Gasteiger partial charge in [-0.2, -0.15) is 0 Å². The summed E-state index contributed by atoms with van der Waals surface area (Å²) in [6.45, 7) is 0. The maximum Gasteiger partial charge on any atom is 0.186 e. The molecule has 0 radical (unpaired) electrons. The van der Waals surface area contributed by atoms with Crippen LogP contribution in [0.25, 0.3) is 5.03 Å². The molecule has 78 valence electrons. The lowest BCUT2D eigenvalue weighted by atomic mass is 9.95. The summed E-state index contributed by atoms with van der Waals surface area (Å²) < 4.78 is 0. The van der Waals surface area contributed by atoms with Gasteiger partial charge in [-0.15, -0.1) is 11.6 Å². The van der Waals surface area contributed by atoms with Crippen LogP contribution in [0.1, 0.15) is 15.9 Å². The van der Waals surface area contributed by atoms with E-state index in [0.29, 0.717) is 16.1 Å². The van der Waals surface area contributed by atoms with Crippen LogP contribution in [0.15, 0.2) is 23.2 Å². The second-order valence-corrected chi connectivity index (χ2v) is 4.68. The minimum Gasteiger partial charge on any atom is -0.292 e. The number of carbonyl (C=O) groups is 1. The van der Waals surface area contributed by atoms with Crippen LogP contribution in [0.2, 0.25) is 5.02 Å². The van der Waals surface area contributed by atoms with Gasteiger partial charge in [0.1, 0.15) is 5.38 Å². The van der Waals surface area contributed by atoms with Crippen LogP contribution < -0.4 is 0 Å². The van der Waals surface area contributed by atoms with E-state index in [0.717, 1.165) is 0 Å². The van der Waals surface area contributed by atoms with Crippen molar-refractivity contribution in [2.45, 2.75) is 5.38 Å². The molecule has 1 unspecified atom stereocenters. The molecule has 0 saturated carbocycles. The number of benzene rings is 1. The average molecular weight is 282 g/mol. The molecule has 15 heavy (non-hydrogen) atoms. The predicted octanol–water partition coefficient (Wildman–Crippen LogP) is 4.29. The lowest BCUT2D eigenvalue weighted by Crippen LogP contribution is -2.21. The van der Waals surface area contributed by atoms with Gasteiger partial charge in [0.15, 0.2) is 5.78 Å². The lowest BCUT2D eigenvalue weighted by Gasteiger charge is -2.20. The van der Waals surface area contributed by atoms with Gasteiger partial charge in [-0.3, -0.25) is 4.79 Å². The van der Waals surface area contributed by atoms with Gasteiger partial charge in [-0.25, -0.2) is 0 Å². The fourth-order valence-corrected chi connectivity index (χ4v) is 2.54. The molecule has 1 aliphatic carbocycles. The molecule has 1 aromatic rings. The second kappa shape index (κ2) is 3.99. The Morgan fingerprint density at radius 1 is 1.13 bits per heavy atom. The van der Waals surface area contributed by atoms with E-state index in [4.69, 9.17) is 46.4 Å². The monoisotopic (exact) mass is 280 g/mol. The first-order valence-corrected chi connectivity index (χ1v) is 5.63. The third kappa shape index (κ3) is 1.68. The first-order valence-electron chi connectivity index (χ1n) is 4.06. The van der Waals surface area contributed by atoms with Crippen LogP contribution in [0, 0.1) is 0 Å². The lowest BCUT2D eigenvalue weighted by molar-refractivity contribution is 0.0996. The largest absolute Gasteiger partial charge is 0.292 e.